The zero-order chi connectivity index (χ0) is 17.8. The molecule has 7 heteroatoms. The van der Waals surface area contributed by atoms with Gasteiger partial charge in [0.25, 0.3) is 5.91 Å². The van der Waals surface area contributed by atoms with E-state index in [2.05, 4.69) is 5.32 Å². The first kappa shape index (κ1) is 17.0. The van der Waals surface area contributed by atoms with Crippen molar-refractivity contribution in [3.05, 3.63) is 81.8 Å². The van der Waals surface area contributed by atoms with E-state index in [0.717, 1.165) is 23.5 Å². The van der Waals surface area contributed by atoms with Gasteiger partial charge in [0.15, 0.2) is 11.6 Å². The number of thiophene rings is 1. The second kappa shape index (κ2) is 7.40. The van der Waals surface area contributed by atoms with Crippen molar-refractivity contribution in [2.45, 2.75) is 6.61 Å². The zero-order valence-corrected chi connectivity index (χ0v) is 13.6. The van der Waals surface area contributed by atoms with Crippen LogP contribution in [0.1, 0.15) is 15.2 Å². The molecule has 1 heterocycles. The Morgan fingerprint density at radius 1 is 1.04 bits per heavy atom. The third-order valence-corrected chi connectivity index (χ3v) is 4.27. The first-order valence-corrected chi connectivity index (χ1v) is 8.12. The van der Waals surface area contributed by atoms with Crippen LogP contribution in [-0.2, 0) is 6.61 Å². The summed E-state index contributed by atoms with van der Waals surface area (Å²) in [4.78, 5) is 12.5. The molecule has 1 N–H and O–H groups in total. The van der Waals surface area contributed by atoms with E-state index in [0.29, 0.717) is 16.5 Å². The van der Waals surface area contributed by atoms with E-state index in [1.165, 1.54) is 12.1 Å². The van der Waals surface area contributed by atoms with E-state index < -0.39 is 23.4 Å². The predicted octanol–water partition coefficient (Wildman–Crippen LogP) is 5.00. The number of para-hydroxylation sites is 1. The molecule has 25 heavy (non-hydrogen) atoms. The second-order valence-corrected chi connectivity index (χ2v) is 6.03. The summed E-state index contributed by atoms with van der Waals surface area (Å²) in [5.74, 6) is -2.45. The largest absolute Gasteiger partial charge is 0.486 e. The highest BCUT2D eigenvalue weighted by molar-refractivity contribution is 7.12. The normalized spacial score (nSPS) is 10.5. The Bertz CT molecular complexity index is 911. The summed E-state index contributed by atoms with van der Waals surface area (Å²) in [6.45, 7) is 0.0929. The number of anilines is 1. The fraction of sp³-hybridized carbons (Fsp3) is 0.0556. The number of hydrogen-bond donors (Lipinski definition) is 1. The van der Waals surface area contributed by atoms with Gasteiger partial charge in [0.1, 0.15) is 18.2 Å². The van der Waals surface area contributed by atoms with Gasteiger partial charge in [-0.15, -0.1) is 11.3 Å². The van der Waals surface area contributed by atoms with Crippen LogP contribution in [0.4, 0.5) is 18.9 Å². The van der Waals surface area contributed by atoms with Crippen LogP contribution in [0, 0.1) is 17.5 Å². The van der Waals surface area contributed by atoms with Crippen LogP contribution in [0.5, 0.6) is 5.75 Å². The molecule has 0 unspecified atom stereocenters. The van der Waals surface area contributed by atoms with Crippen LogP contribution in [0.15, 0.2) is 53.9 Å². The topological polar surface area (TPSA) is 38.3 Å². The minimum atomic E-state index is -0.854. The molecule has 1 aromatic heterocycles. The molecule has 0 aliphatic rings. The molecule has 0 aliphatic carbocycles. The Hall–Kier alpha value is -2.80. The Morgan fingerprint density at radius 2 is 1.84 bits per heavy atom. The highest BCUT2D eigenvalue weighted by Gasteiger charge is 2.13. The van der Waals surface area contributed by atoms with Crippen LogP contribution in [0.3, 0.4) is 0 Å². The molecule has 3 aromatic rings. The van der Waals surface area contributed by atoms with E-state index >= 15 is 0 Å². The van der Waals surface area contributed by atoms with Crippen molar-refractivity contribution in [3.63, 3.8) is 0 Å². The maximum atomic E-state index is 13.6. The fourth-order valence-electron chi connectivity index (χ4n) is 2.07. The lowest BCUT2D eigenvalue weighted by atomic mass is 10.2. The Balaban J connectivity index is 1.64. The number of carbonyl (C=O) groups excluding carboxylic acids is 1. The predicted molar refractivity (Wildman–Crippen MR) is 89.4 cm³/mol. The molecule has 1 amide bonds. The van der Waals surface area contributed by atoms with Crippen molar-refractivity contribution in [1.29, 1.82) is 0 Å². The average Bonchev–Trinajstić information content (AvgIpc) is 3.06. The molecule has 0 radical (unpaired) electrons. The summed E-state index contributed by atoms with van der Waals surface area (Å²) in [6.07, 6.45) is 0. The van der Waals surface area contributed by atoms with Crippen LogP contribution in [0.25, 0.3) is 0 Å². The summed E-state index contributed by atoms with van der Waals surface area (Å²) < 4.78 is 45.3. The van der Waals surface area contributed by atoms with Crippen molar-refractivity contribution in [2.75, 3.05) is 5.32 Å². The van der Waals surface area contributed by atoms with Gasteiger partial charge in [-0.25, -0.2) is 13.2 Å². The van der Waals surface area contributed by atoms with Gasteiger partial charge in [-0.3, -0.25) is 4.79 Å². The lowest BCUT2D eigenvalue weighted by Crippen LogP contribution is -2.11. The average molecular weight is 363 g/mol. The highest BCUT2D eigenvalue weighted by atomic mass is 32.1. The summed E-state index contributed by atoms with van der Waals surface area (Å²) in [5, 5.41) is 4.07. The molecule has 3 rings (SSSR count). The maximum Gasteiger partial charge on any atom is 0.265 e. The molecule has 128 valence electrons. The SMILES string of the molecule is O=C(Nc1ccc(F)cc1F)c1cc(COc2ccccc2F)cs1. The van der Waals surface area contributed by atoms with Crippen molar-refractivity contribution in [2.24, 2.45) is 0 Å². The van der Waals surface area contributed by atoms with Gasteiger partial charge in [0.05, 0.1) is 10.6 Å². The van der Waals surface area contributed by atoms with Crippen LogP contribution < -0.4 is 10.1 Å². The number of carbonyl (C=O) groups is 1. The van der Waals surface area contributed by atoms with Gasteiger partial charge in [-0.1, -0.05) is 12.1 Å². The number of hydrogen-bond acceptors (Lipinski definition) is 3. The zero-order valence-electron chi connectivity index (χ0n) is 12.8. The van der Waals surface area contributed by atoms with Crippen molar-refractivity contribution in [1.82, 2.24) is 0 Å². The molecule has 0 saturated carbocycles. The maximum absolute atomic E-state index is 13.6. The summed E-state index contributed by atoms with van der Waals surface area (Å²) >= 11 is 1.14. The first-order chi connectivity index (χ1) is 12.0. The minimum Gasteiger partial charge on any atom is -0.486 e. The van der Waals surface area contributed by atoms with E-state index in [-0.39, 0.29) is 18.0 Å². The lowest BCUT2D eigenvalue weighted by molar-refractivity contribution is 0.103. The van der Waals surface area contributed by atoms with E-state index in [1.54, 1.807) is 23.6 Å². The molecule has 0 bridgehead atoms. The molecule has 3 nitrogen and oxygen atoms in total. The van der Waals surface area contributed by atoms with Crippen LogP contribution >= 0.6 is 11.3 Å². The third-order valence-electron chi connectivity index (χ3n) is 3.29. The Morgan fingerprint density at radius 3 is 2.60 bits per heavy atom. The molecule has 0 fully saturated rings. The number of rotatable bonds is 5. The van der Waals surface area contributed by atoms with Crippen LogP contribution in [-0.4, -0.2) is 5.91 Å². The quantitative estimate of drug-likeness (QED) is 0.693. The van der Waals surface area contributed by atoms with Gasteiger partial charge in [0.2, 0.25) is 0 Å². The molecular formula is C18H12F3NO2S. The smallest absolute Gasteiger partial charge is 0.265 e. The molecule has 0 atom stereocenters. The Labute approximate surface area is 145 Å². The van der Waals surface area contributed by atoms with Gasteiger partial charge in [-0.2, -0.15) is 0 Å². The van der Waals surface area contributed by atoms with Crippen molar-refractivity contribution < 1.29 is 22.7 Å². The molecule has 2 aromatic carbocycles. The van der Waals surface area contributed by atoms with Crippen molar-refractivity contribution >= 4 is 22.9 Å². The number of halogens is 3. The van der Waals surface area contributed by atoms with E-state index in [4.69, 9.17) is 4.74 Å². The monoisotopic (exact) mass is 363 g/mol. The summed E-state index contributed by atoms with van der Waals surface area (Å²) in [6, 6.07) is 10.5. The molecule has 0 spiro atoms. The molecule has 0 saturated heterocycles. The number of nitrogens with one attached hydrogen (secondary N) is 1. The lowest BCUT2D eigenvalue weighted by Gasteiger charge is -2.05. The Kier molecular flexibility index (Phi) is 5.04. The fourth-order valence-corrected chi connectivity index (χ4v) is 2.86. The number of benzene rings is 2. The number of amides is 1. The van der Waals surface area contributed by atoms with Crippen molar-refractivity contribution in [3.8, 4) is 5.75 Å². The van der Waals surface area contributed by atoms with Crippen LogP contribution in [0.2, 0.25) is 0 Å². The van der Waals surface area contributed by atoms with Gasteiger partial charge in [0, 0.05) is 11.6 Å². The van der Waals surface area contributed by atoms with Gasteiger partial charge >= 0.3 is 0 Å². The highest BCUT2D eigenvalue weighted by Crippen LogP contribution is 2.22. The summed E-state index contributed by atoms with van der Waals surface area (Å²) in [5.41, 5.74) is 0.571. The van der Waals surface area contributed by atoms with Gasteiger partial charge < -0.3 is 10.1 Å². The second-order valence-electron chi connectivity index (χ2n) is 5.12. The molecular weight excluding hydrogens is 351 g/mol. The van der Waals surface area contributed by atoms with E-state index in [1.807, 2.05) is 0 Å². The van der Waals surface area contributed by atoms with E-state index in [9.17, 15) is 18.0 Å². The third kappa shape index (κ3) is 4.19. The van der Waals surface area contributed by atoms with Gasteiger partial charge in [-0.05, 0) is 35.7 Å². The molecule has 0 aliphatic heterocycles. The minimum absolute atomic E-state index is 0.0929. The number of ether oxygens (including phenoxy) is 1. The summed E-state index contributed by atoms with van der Waals surface area (Å²) in [7, 11) is 0. The first-order valence-electron chi connectivity index (χ1n) is 7.24. The standard InChI is InChI=1S/C18H12F3NO2S/c19-12-5-6-15(14(21)8-12)22-18(23)17-7-11(10-25-17)9-24-16-4-2-1-3-13(16)20/h1-8,10H,9H2,(H,22,23).